The van der Waals surface area contributed by atoms with Crippen LogP contribution in [0.1, 0.15) is 28.2 Å². The molecule has 7 nitrogen and oxygen atoms in total. The Hall–Kier alpha value is -2.38. The van der Waals surface area contributed by atoms with Gasteiger partial charge in [0.25, 0.3) is 5.91 Å². The maximum Gasteiger partial charge on any atom is 0.276 e. The standard InChI is InChI=1S/C17H22N4O3/c1-23-8-3-9-24-13-5-2-4-12(10-13)19-17(22)16-14-11-18-7-6-15(14)20-21-16/h2,4-5,10,18H,3,6-9,11H2,1H3,(H,19,22)(H,20,21). The highest BCUT2D eigenvalue weighted by molar-refractivity contribution is 6.04. The Balaban J connectivity index is 1.63. The van der Waals surface area contributed by atoms with Gasteiger partial charge in [-0.15, -0.1) is 0 Å². The number of anilines is 1. The van der Waals surface area contributed by atoms with E-state index in [1.54, 1.807) is 7.11 Å². The predicted octanol–water partition coefficient (Wildman–Crippen LogP) is 1.72. The second-order valence-corrected chi connectivity index (χ2v) is 5.63. The number of nitrogens with zero attached hydrogens (tertiary/aromatic N) is 1. The molecule has 1 aliphatic heterocycles. The minimum absolute atomic E-state index is 0.215. The van der Waals surface area contributed by atoms with E-state index in [0.29, 0.717) is 31.1 Å². The van der Waals surface area contributed by atoms with Crippen molar-refractivity contribution >= 4 is 11.6 Å². The van der Waals surface area contributed by atoms with Crippen LogP contribution in [0.4, 0.5) is 5.69 Å². The molecule has 0 spiro atoms. The van der Waals surface area contributed by atoms with Crippen LogP contribution >= 0.6 is 0 Å². The highest BCUT2D eigenvalue weighted by Gasteiger charge is 2.21. The lowest BCUT2D eigenvalue weighted by Crippen LogP contribution is -2.25. The van der Waals surface area contributed by atoms with E-state index < -0.39 is 0 Å². The van der Waals surface area contributed by atoms with Gasteiger partial charge in [-0.1, -0.05) is 6.07 Å². The van der Waals surface area contributed by atoms with E-state index in [9.17, 15) is 4.79 Å². The van der Waals surface area contributed by atoms with Crippen LogP contribution in [0.5, 0.6) is 5.75 Å². The number of methoxy groups -OCH3 is 1. The van der Waals surface area contributed by atoms with Gasteiger partial charge < -0.3 is 20.1 Å². The maximum absolute atomic E-state index is 12.5. The average molecular weight is 330 g/mol. The molecule has 0 radical (unpaired) electrons. The van der Waals surface area contributed by atoms with Crippen LogP contribution in [0.3, 0.4) is 0 Å². The molecule has 0 fully saturated rings. The van der Waals surface area contributed by atoms with Gasteiger partial charge in [0.1, 0.15) is 5.75 Å². The molecule has 1 aromatic carbocycles. The zero-order valence-electron chi connectivity index (χ0n) is 13.7. The predicted molar refractivity (Wildman–Crippen MR) is 90.4 cm³/mol. The van der Waals surface area contributed by atoms with E-state index in [1.165, 1.54) is 0 Å². The SMILES string of the molecule is COCCCOc1cccc(NC(=O)c2n[nH]c3c2CNCC3)c1. The first-order valence-corrected chi connectivity index (χ1v) is 8.08. The van der Waals surface area contributed by atoms with Crippen molar-refractivity contribution in [1.29, 1.82) is 0 Å². The summed E-state index contributed by atoms with van der Waals surface area (Å²) in [5.74, 6) is 0.502. The molecule has 3 rings (SSSR count). The summed E-state index contributed by atoms with van der Waals surface area (Å²) in [7, 11) is 1.67. The van der Waals surface area contributed by atoms with Crippen molar-refractivity contribution < 1.29 is 14.3 Å². The van der Waals surface area contributed by atoms with Crippen LogP contribution in [0.2, 0.25) is 0 Å². The van der Waals surface area contributed by atoms with Gasteiger partial charge in [0.05, 0.1) is 6.61 Å². The van der Waals surface area contributed by atoms with Gasteiger partial charge in [-0.25, -0.2) is 0 Å². The number of benzene rings is 1. The fraction of sp³-hybridized carbons (Fsp3) is 0.412. The summed E-state index contributed by atoms with van der Waals surface area (Å²) in [5, 5.41) is 13.3. The third-order valence-electron chi connectivity index (χ3n) is 3.87. The number of carbonyl (C=O) groups excluding carboxylic acids is 1. The van der Waals surface area contributed by atoms with Crippen LogP contribution in [-0.4, -0.2) is 43.0 Å². The normalized spacial score (nSPS) is 13.4. The monoisotopic (exact) mass is 330 g/mol. The van der Waals surface area contributed by atoms with Crippen molar-refractivity contribution in [3.8, 4) is 5.75 Å². The number of hydrogen-bond acceptors (Lipinski definition) is 5. The summed E-state index contributed by atoms with van der Waals surface area (Å²) in [6.45, 7) is 2.80. The van der Waals surface area contributed by atoms with Crippen molar-refractivity contribution in [2.24, 2.45) is 0 Å². The molecule has 7 heteroatoms. The number of rotatable bonds is 7. The van der Waals surface area contributed by atoms with Crippen LogP contribution < -0.4 is 15.4 Å². The van der Waals surface area contributed by atoms with Gasteiger partial charge in [0.2, 0.25) is 0 Å². The molecule has 0 saturated carbocycles. The number of ether oxygens (including phenoxy) is 2. The zero-order chi connectivity index (χ0) is 16.8. The number of aromatic amines is 1. The number of nitrogens with one attached hydrogen (secondary N) is 3. The first kappa shape index (κ1) is 16.5. The number of fused-ring (bicyclic) bond motifs is 1. The van der Waals surface area contributed by atoms with Gasteiger partial charge in [-0.05, 0) is 12.1 Å². The Labute approximate surface area is 140 Å². The highest BCUT2D eigenvalue weighted by Crippen LogP contribution is 2.20. The quantitative estimate of drug-likeness (QED) is 0.673. The Morgan fingerprint density at radius 1 is 1.38 bits per heavy atom. The number of carbonyl (C=O) groups is 1. The largest absolute Gasteiger partial charge is 0.493 e. The van der Waals surface area contributed by atoms with Crippen LogP contribution in [0.15, 0.2) is 24.3 Å². The first-order chi connectivity index (χ1) is 11.8. The van der Waals surface area contributed by atoms with Gasteiger partial charge in [0.15, 0.2) is 5.69 Å². The highest BCUT2D eigenvalue weighted by atomic mass is 16.5. The summed E-state index contributed by atoms with van der Waals surface area (Å²) in [6.07, 6.45) is 1.68. The van der Waals surface area contributed by atoms with Crippen molar-refractivity contribution in [2.75, 3.05) is 32.2 Å². The van der Waals surface area contributed by atoms with Crippen molar-refractivity contribution in [2.45, 2.75) is 19.4 Å². The van der Waals surface area contributed by atoms with Crippen LogP contribution in [0, 0.1) is 0 Å². The topological polar surface area (TPSA) is 88.3 Å². The third-order valence-corrected chi connectivity index (χ3v) is 3.87. The molecule has 1 aliphatic rings. The van der Waals surface area contributed by atoms with E-state index in [2.05, 4.69) is 20.8 Å². The lowest BCUT2D eigenvalue weighted by atomic mass is 10.1. The van der Waals surface area contributed by atoms with Crippen molar-refractivity contribution in [3.05, 3.63) is 41.2 Å². The van der Waals surface area contributed by atoms with Crippen LogP contribution in [-0.2, 0) is 17.7 Å². The summed E-state index contributed by atoms with van der Waals surface area (Å²) in [4.78, 5) is 12.5. The molecule has 0 bridgehead atoms. The second-order valence-electron chi connectivity index (χ2n) is 5.63. The lowest BCUT2D eigenvalue weighted by molar-refractivity contribution is 0.102. The summed E-state index contributed by atoms with van der Waals surface area (Å²) in [5.41, 5.74) is 3.12. The first-order valence-electron chi connectivity index (χ1n) is 8.08. The van der Waals surface area contributed by atoms with Gasteiger partial charge in [0, 0.05) is 62.7 Å². The number of hydrogen-bond donors (Lipinski definition) is 3. The summed E-state index contributed by atoms with van der Waals surface area (Å²) >= 11 is 0. The molecular formula is C17H22N4O3. The molecule has 2 heterocycles. The summed E-state index contributed by atoms with van der Waals surface area (Å²) < 4.78 is 10.6. The van der Waals surface area contributed by atoms with E-state index >= 15 is 0 Å². The molecule has 1 aromatic heterocycles. The Morgan fingerprint density at radius 2 is 2.29 bits per heavy atom. The van der Waals surface area contributed by atoms with E-state index in [0.717, 1.165) is 36.4 Å². The molecule has 3 N–H and O–H groups in total. The van der Waals surface area contributed by atoms with Gasteiger partial charge in [-0.2, -0.15) is 5.10 Å². The molecule has 0 aliphatic carbocycles. The second kappa shape index (κ2) is 7.94. The Bertz CT molecular complexity index is 699. The van der Waals surface area contributed by atoms with Gasteiger partial charge in [-0.3, -0.25) is 9.89 Å². The van der Waals surface area contributed by atoms with E-state index in [-0.39, 0.29) is 5.91 Å². The molecule has 0 saturated heterocycles. The minimum atomic E-state index is -0.215. The summed E-state index contributed by atoms with van der Waals surface area (Å²) in [6, 6.07) is 7.35. The molecule has 24 heavy (non-hydrogen) atoms. The maximum atomic E-state index is 12.5. The molecule has 128 valence electrons. The molecular weight excluding hydrogens is 308 g/mol. The molecule has 0 unspecified atom stereocenters. The number of aromatic nitrogens is 2. The van der Waals surface area contributed by atoms with Crippen LogP contribution in [0.25, 0.3) is 0 Å². The number of H-pyrrole nitrogens is 1. The fourth-order valence-corrected chi connectivity index (χ4v) is 2.66. The molecule has 0 atom stereocenters. The van der Waals surface area contributed by atoms with Gasteiger partial charge >= 0.3 is 0 Å². The number of amides is 1. The third kappa shape index (κ3) is 3.93. The lowest BCUT2D eigenvalue weighted by Gasteiger charge is -2.13. The Kier molecular flexibility index (Phi) is 5.45. The van der Waals surface area contributed by atoms with Crippen molar-refractivity contribution in [3.63, 3.8) is 0 Å². The zero-order valence-corrected chi connectivity index (χ0v) is 13.7. The molecule has 1 amide bonds. The van der Waals surface area contributed by atoms with Crippen molar-refractivity contribution in [1.82, 2.24) is 15.5 Å². The van der Waals surface area contributed by atoms with E-state index in [1.807, 2.05) is 24.3 Å². The van der Waals surface area contributed by atoms with E-state index in [4.69, 9.17) is 9.47 Å². The average Bonchev–Trinajstić information content (AvgIpc) is 3.03. The fourth-order valence-electron chi connectivity index (χ4n) is 2.66. The minimum Gasteiger partial charge on any atom is -0.493 e. The smallest absolute Gasteiger partial charge is 0.276 e. The molecule has 2 aromatic rings. The Morgan fingerprint density at radius 3 is 3.17 bits per heavy atom.